The summed E-state index contributed by atoms with van der Waals surface area (Å²) in [6.45, 7) is -0.526. The minimum Gasteiger partial charge on any atom is -0.454 e. The Balaban J connectivity index is 1.56. The topological polar surface area (TPSA) is 103 Å². The van der Waals surface area contributed by atoms with Crippen molar-refractivity contribution in [3.63, 3.8) is 0 Å². The monoisotopic (exact) mass is 436 g/mol. The number of ether oxygens (including phenoxy) is 3. The van der Waals surface area contributed by atoms with Crippen molar-refractivity contribution in [2.45, 2.75) is 6.18 Å². The van der Waals surface area contributed by atoms with Crippen molar-refractivity contribution >= 4 is 29.0 Å². The maximum absolute atomic E-state index is 12.3. The number of para-hydroxylation sites is 1. The molecule has 0 bridgehead atoms. The van der Waals surface area contributed by atoms with E-state index >= 15 is 0 Å². The van der Waals surface area contributed by atoms with Gasteiger partial charge < -0.3 is 24.8 Å². The van der Waals surface area contributed by atoms with Gasteiger partial charge in [0.1, 0.15) is 0 Å². The fraction of sp³-hybridized carbons (Fsp3) is 0.150. The smallest absolute Gasteiger partial charge is 0.454 e. The molecule has 2 N–H and O–H groups in total. The molecule has 0 aromatic heterocycles. The molecule has 0 saturated heterocycles. The first-order valence-corrected chi connectivity index (χ1v) is 8.74. The Bertz CT molecular complexity index is 1040. The number of halogens is 3. The molecule has 0 fully saturated rings. The molecule has 0 saturated carbocycles. The molecule has 1 aliphatic heterocycles. The Hall–Kier alpha value is -4.02. The van der Waals surface area contributed by atoms with E-state index in [2.05, 4.69) is 10.6 Å². The number of esters is 1. The summed E-state index contributed by atoms with van der Waals surface area (Å²) >= 11 is 0. The van der Waals surface area contributed by atoms with E-state index in [-0.39, 0.29) is 18.0 Å². The SMILES string of the molecule is O=C(COC(=O)c1ccccc1N/C=C/C(=O)C(F)(F)F)Nc1ccc2c(c1)OCO2. The molecule has 0 atom stereocenters. The highest BCUT2D eigenvalue weighted by Gasteiger charge is 2.36. The molecule has 2 aromatic carbocycles. The third-order valence-corrected chi connectivity index (χ3v) is 3.89. The summed E-state index contributed by atoms with van der Waals surface area (Å²) in [5, 5.41) is 4.95. The number of hydrogen-bond acceptors (Lipinski definition) is 7. The van der Waals surface area contributed by atoms with Crippen LogP contribution in [0.5, 0.6) is 11.5 Å². The number of nitrogens with one attached hydrogen (secondary N) is 2. The average Bonchev–Trinajstić information content (AvgIpc) is 3.19. The van der Waals surface area contributed by atoms with Gasteiger partial charge in [0.2, 0.25) is 6.79 Å². The minimum atomic E-state index is -5.00. The highest BCUT2D eigenvalue weighted by atomic mass is 19.4. The molecule has 0 unspecified atom stereocenters. The van der Waals surface area contributed by atoms with E-state index in [9.17, 15) is 27.6 Å². The number of benzene rings is 2. The van der Waals surface area contributed by atoms with Crippen molar-refractivity contribution in [3.8, 4) is 11.5 Å². The number of hydrogen-bond donors (Lipinski definition) is 2. The molecule has 3 rings (SSSR count). The van der Waals surface area contributed by atoms with Crippen LogP contribution in [0.3, 0.4) is 0 Å². The Labute approximate surface area is 173 Å². The Morgan fingerprint density at radius 3 is 2.58 bits per heavy atom. The lowest BCUT2D eigenvalue weighted by Gasteiger charge is -2.10. The fourth-order valence-electron chi connectivity index (χ4n) is 2.47. The van der Waals surface area contributed by atoms with Crippen molar-refractivity contribution in [3.05, 3.63) is 60.3 Å². The minimum absolute atomic E-state index is 0.0394. The Morgan fingerprint density at radius 2 is 1.81 bits per heavy atom. The largest absolute Gasteiger partial charge is 0.454 e. The van der Waals surface area contributed by atoms with Gasteiger partial charge in [-0.05, 0) is 24.3 Å². The predicted molar refractivity (Wildman–Crippen MR) is 102 cm³/mol. The maximum atomic E-state index is 12.3. The summed E-state index contributed by atoms with van der Waals surface area (Å²) in [7, 11) is 0. The third kappa shape index (κ3) is 5.75. The highest BCUT2D eigenvalue weighted by molar-refractivity contribution is 5.99. The highest BCUT2D eigenvalue weighted by Crippen LogP contribution is 2.34. The molecule has 162 valence electrons. The molecule has 1 heterocycles. The molecule has 1 aliphatic rings. The summed E-state index contributed by atoms with van der Waals surface area (Å²) in [6, 6.07) is 10.5. The zero-order chi connectivity index (χ0) is 22.4. The van der Waals surface area contributed by atoms with Gasteiger partial charge in [0.25, 0.3) is 11.7 Å². The predicted octanol–water partition coefficient (Wildman–Crippen LogP) is 3.27. The van der Waals surface area contributed by atoms with Crippen LogP contribution in [0.15, 0.2) is 54.7 Å². The number of allylic oxidation sites excluding steroid dienone is 1. The second kappa shape index (κ2) is 9.20. The van der Waals surface area contributed by atoms with Gasteiger partial charge in [0.15, 0.2) is 18.1 Å². The third-order valence-electron chi connectivity index (χ3n) is 3.89. The van der Waals surface area contributed by atoms with Gasteiger partial charge in [-0.25, -0.2) is 4.79 Å². The van der Waals surface area contributed by atoms with E-state index in [1.165, 1.54) is 24.3 Å². The lowest BCUT2D eigenvalue weighted by molar-refractivity contribution is -0.165. The molecule has 0 radical (unpaired) electrons. The first-order chi connectivity index (χ1) is 14.7. The van der Waals surface area contributed by atoms with Gasteiger partial charge in [0.05, 0.1) is 11.3 Å². The number of anilines is 2. The standard InChI is InChI=1S/C20H15F3N2O6/c21-20(22,23)17(26)7-8-24-14-4-2-1-3-13(14)19(28)29-10-18(27)25-12-5-6-15-16(9-12)31-11-30-15/h1-9,24H,10-11H2,(H,25,27)/b8-7+. The molecule has 0 aliphatic carbocycles. The maximum Gasteiger partial charge on any atom is 0.454 e. The van der Waals surface area contributed by atoms with E-state index in [1.807, 2.05) is 0 Å². The van der Waals surface area contributed by atoms with E-state index in [0.29, 0.717) is 23.3 Å². The summed E-state index contributed by atoms with van der Waals surface area (Å²) < 4.78 is 52.0. The normalized spacial score (nSPS) is 12.5. The van der Waals surface area contributed by atoms with Crippen LogP contribution in [0.4, 0.5) is 24.5 Å². The van der Waals surface area contributed by atoms with Crippen molar-refractivity contribution in [1.29, 1.82) is 0 Å². The van der Waals surface area contributed by atoms with Crippen molar-refractivity contribution < 1.29 is 41.8 Å². The second-order valence-electron chi connectivity index (χ2n) is 6.08. The van der Waals surface area contributed by atoms with E-state index in [1.54, 1.807) is 18.2 Å². The quantitative estimate of drug-likeness (QED) is 0.507. The average molecular weight is 436 g/mol. The fourth-order valence-corrected chi connectivity index (χ4v) is 2.47. The molecule has 31 heavy (non-hydrogen) atoms. The number of amides is 1. The summed E-state index contributed by atoms with van der Waals surface area (Å²) in [5.41, 5.74) is 0.462. The van der Waals surface area contributed by atoms with E-state index in [4.69, 9.17) is 14.2 Å². The summed E-state index contributed by atoms with van der Waals surface area (Å²) in [5.74, 6) is -2.56. The number of carbonyl (C=O) groups excluding carboxylic acids is 3. The van der Waals surface area contributed by atoms with Gasteiger partial charge in [0, 0.05) is 24.0 Å². The lowest BCUT2D eigenvalue weighted by atomic mass is 10.2. The van der Waals surface area contributed by atoms with E-state index in [0.717, 1.165) is 6.20 Å². The van der Waals surface area contributed by atoms with Crippen LogP contribution in [0.25, 0.3) is 0 Å². The zero-order valence-corrected chi connectivity index (χ0v) is 15.7. The number of rotatable bonds is 7. The first-order valence-electron chi connectivity index (χ1n) is 8.74. The van der Waals surface area contributed by atoms with E-state index < -0.39 is 30.4 Å². The molecule has 11 heteroatoms. The van der Waals surface area contributed by atoms with Gasteiger partial charge >= 0.3 is 12.1 Å². The van der Waals surface area contributed by atoms with Crippen LogP contribution in [0.2, 0.25) is 0 Å². The molecule has 2 aromatic rings. The number of carbonyl (C=O) groups is 3. The van der Waals surface area contributed by atoms with Crippen LogP contribution in [-0.4, -0.2) is 37.2 Å². The van der Waals surface area contributed by atoms with Gasteiger partial charge in [-0.1, -0.05) is 12.1 Å². The molecule has 1 amide bonds. The van der Waals surface area contributed by atoms with Crippen LogP contribution in [-0.2, 0) is 14.3 Å². The Morgan fingerprint density at radius 1 is 1.06 bits per heavy atom. The molecular weight excluding hydrogens is 421 g/mol. The molecule has 0 spiro atoms. The van der Waals surface area contributed by atoms with Crippen LogP contribution in [0, 0.1) is 0 Å². The lowest BCUT2D eigenvalue weighted by Crippen LogP contribution is -2.21. The molecule has 8 nitrogen and oxygen atoms in total. The number of ketones is 1. The summed E-state index contributed by atoms with van der Waals surface area (Å²) in [4.78, 5) is 35.2. The van der Waals surface area contributed by atoms with Gasteiger partial charge in [-0.15, -0.1) is 0 Å². The number of fused-ring (bicyclic) bond motifs is 1. The van der Waals surface area contributed by atoms with Gasteiger partial charge in [-0.3, -0.25) is 9.59 Å². The first kappa shape index (κ1) is 21.7. The van der Waals surface area contributed by atoms with Gasteiger partial charge in [-0.2, -0.15) is 13.2 Å². The second-order valence-corrected chi connectivity index (χ2v) is 6.08. The van der Waals surface area contributed by atoms with Crippen molar-refractivity contribution in [2.75, 3.05) is 24.0 Å². The van der Waals surface area contributed by atoms with Crippen molar-refractivity contribution in [1.82, 2.24) is 0 Å². The summed E-state index contributed by atoms with van der Waals surface area (Å²) in [6.07, 6.45) is -3.95. The zero-order valence-electron chi connectivity index (χ0n) is 15.7. The molecular formula is C20H15F3N2O6. The van der Waals surface area contributed by atoms with Crippen LogP contribution < -0.4 is 20.1 Å². The Kier molecular flexibility index (Phi) is 6.43. The van der Waals surface area contributed by atoms with Crippen LogP contribution in [0.1, 0.15) is 10.4 Å². The number of alkyl halides is 3. The van der Waals surface area contributed by atoms with Crippen LogP contribution >= 0.6 is 0 Å². The van der Waals surface area contributed by atoms with Crippen molar-refractivity contribution in [2.24, 2.45) is 0 Å².